The second kappa shape index (κ2) is 14.1. The molecule has 0 unspecified atom stereocenters. The van der Waals surface area contributed by atoms with Gasteiger partial charge < -0.3 is 14.2 Å². The molecule has 11 heteroatoms. The van der Waals surface area contributed by atoms with E-state index >= 15 is 4.39 Å². The summed E-state index contributed by atoms with van der Waals surface area (Å²) in [6, 6.07) is 7.03. The van der Waals surface area contributed by atoms with Gasteiger partial charge in [0.2, 0.25) is 0 Å². The number of rotatable bonds is 10. The molecule has 230 valence electrons. The molecule has 0 spiro atoms. The van der Waals surface area contributed by atoms with Crippen LogP contribution in [0.1, 0.15) is 61.8 Å². The normalized spacial score (nSPS) is 17.9. The summed E-state index contributed by atoms with van der Waals surface area (Å²) < 4.78 is 60.2. The monoisotopic (exact) mass is 599 g/mol. The van der Waals surface area contributed by atoms with Crippen LogP contribution in [0, 0.1) is 17.5 Å². The summed E-state index contributed by atoms with van der Waals surface area (Å²) in [6.07, 6.45) is 3.82. The van der Waals surface area contributed by atoms with Gasteiger partial charge in [-0.1, -0.05) is 12.1 Å². The molecule has 43 heavy (non-hydrogen) atoms. The maximum absolute atomic E-state index is 15.0. The fourth-order valence-electron chi connectivity index (χ4n) is 5.10. The van der Waals surface area contributed by atoms with Crippen LogP contribution in [0.25, 0.3) is 0 Å². The van der Waals surface area contributed by atoms with Crippen LogP contribution in [0.2, 0.25) is 0 Å². The topological polar surface area (TPSA) is 90.9 Å². The van der Waals surface area contributed by atoms with Crippen LogP contribution < -0.4 is 0 Å². The Morgan fingerprint density at radius 1 is 1.05 bits per heavy atom. The number of pyridine rings is 2. The van der Waals surface area contributed by atoms with Crippen molar-refractivity contribution >= 4 is 11.9 Å². The van der Waals surface area contributed by atoms with E-state index in [2.05, 4.69) is 9.97 Å². The molecule has 3 atom stereocenters. The molecule has 2 aromatic heterocycles. The molecule has 8 nitrogen and oxygen atoms in total. The zero-order valence-electron chi connectivity index (χ0n) is 24.7. The Balaban J connectivity index is 1.47. The van der Waals surface area contributed by atoms with Crippen molar-refractivity contribution < 1.29 is 37.0 Å². The van der Waals surface area contributed by atoms with Crippen LogP contribution in [0.15, 0.2) is 55.1 Å². The lowest BCUT2D eigenvalue weighted by Gasteiger charge is -2.39. The number of morpholine rings is 1. The molecule has 3 aromatic rings. The smallest absolute Gasteiger partial charge is 0.412 e. The second-order valence-corrected chi connectivity index (χ2v) is 11.5. The molecule has 0 saturated carbocycles. The first kappa shape index (κ1) is 32.1. The summed E-state index contributed by atoms with van der Waals surface area (Å²) in [4.78, 5) is 35.3. The fourth-order valence-corrected chi connectivity index (χ4v) is 5.10. The zero-order chi connectivity index (χ0) is 31.1. The number of nitrogens with zero attached hydrogens (tertiary/aromatic N) is 3. The molecule has 0 aliphatic carbocycles. The number of methoxy groups -OCH3 is 1. The molecule has 4 rings (SSSR count). The number of Topliss-reactive ketones (excluding diaryl/α,β-unsaturated/α-hetero) is 1. The standard InChI is InChI=1S/C32H36F3N3O5/c1-32(2,3)43-31(40)38-18-24(42-19-30(38)41-4)9-10-25-21(15-37-17-28(25)34)13-23(39)14-27(20-5-7-22(33)8-6-20)26-11-12-36-16-29(26)35/h5-8,11-12,15-17,24,27,30H,9-10,13-14,18-19H2,1-4H3/t24-,27+,30-/m1/s1. The highest BCUT2D eigenvalue weighted by Crippen LogP contribution is 2.31. The molecule has 1 aliphatic rings. The first-order chi connectivity index (χ1) is 20.4. The average Bonchev–Trinajstić information content (AvgIpc) is 2.95. The van der Waals surface area contributed by atoms with Crippen molar-refractivity contribution in [3.8, 4) is 0 Å². The van der Waals surface area contributed by atoms with Crippen molar-refractivity contribution in [3.05, 3.63) is 94.8 Å². The number of amides is 1. The van der Waals surface area contributed by atoms with E-state index in [1.165, 1.54) is 54.7 Å². The number of aromatic nitrogens is 2. The lowest BCUT2D eigenvalue weighted by atomic mass is 9.85. The molecule has 0 N–H and O–H groups in total. The minimum atomic E-state index is -0.691. The molecule has 1 fully saturated rings. The van der Waals surface area contributed by atoms with Gasteiger partial charge in [0, 0.05) is 38.3 Å². The maximum atomic E-state index is 15.0. The second-order valence-electron chi connectivity index (χ2n) is 11.5. The molecule has 0 radical (unpaired) electrons. The van der Waals surface area contributed by atoms with Crippen LogP contribution in [-0.4, -0.2) is 64.9 Å². The van der Waals surface area contributed by atoms with E-state index in [0.717, 1.165) is 12.4 Å². The fraction of sp³-hybridized carbons (Fsp3) is 0.438. The number of ether oxygens (including phenoxy) is 3. The minimum Gasteiger partial charge on any atom is -0.444 e. The van der Waals surface area contributed by atoms with Crippen molar-refractivity contribution in [2.45, 2.75) is 70.3 Å². The summed E-state index contributed by atoms with van der Waals surface area (Å²) in [5, 5.41) is 0. The zero-order valence-corrected chi connectivity index (χ0v) is 24.7. The van der Waals surface area contributed by atoms with Gasteiger partial charge in [-0.05, 0) is 74.1 Å². The summed E-state index contributed by atoms with van der Waals surface area (Å²) >= 11 is 0. The summed E-state index contributed by atoms with van der Waals surface area (Å²) in [7, 11) is 1.48. The summed E-state index contributed by atoms with van der Waals surface area (Å²) in [5.74, 6) is -2.55. The number of hydrogen-bond acceptors (Lipinski definition) is 7. The van der Waals surface area contributed by atoms with Crippen molar-refractivity contribution in [3.63, 3.8) is 0 Å². The van der Waals surface area contributed by atoms with E-state index in [1.54, 1.807) is 20.8 Å². The van der Waals surface area contributed by atoms with Gasteiger partial charge in [0.25, 0.3) is 0 Å². The Hall–Kier alpha value is -3.83. The largest absolute Gasteiger partial charge is 0.444 e. The van der Waals surface area contributed by atoms with Gasteiger partial charge in [0.05, 0.1) is 31.6 Å². The molecule has 0 bridgehead atoms. The van der Waals surface area contributed by atoms with E-state index in [9.17, 15) is 18.4 Å². The highest BCUT2D eigenvalue weighted by molar-refractivity contribution is 5.82. The van der Waals surface area contributed by atoms with Gasteiger partial charge in [-0.2, -0.15) is 0 Å². The Kier molecular flexibility index (Phi) is 10.5. The van der Waals surface area contributed by atoms with Crippen molar-refractivity contribution in [1.29, 1.82) is 0 Å². The molecule has 1 aliphatic heterocycles. The third-order valence-electron chi connectivity index (χ3n) is 7.20. The summed E-state index contributed by atoms with van der Waals surface area (Å²) in [5.41, 5.74) is 0.858. The number of benzene rings is 1. The minimum absolute atomic E-state index is 0.0997. The van der Waals surface area contributed by atoms with Gasteiger partial charge in [-0.3, -0.25) is 19.7 Å². The predicted octanol–water partition coefficient (Wildman–Crippen LogP) is 5.77. The first-order valence-electron chi connectivity index (χ1n) is 14.1. The third-order valence-corrected chi connectivity index (χ3v) is 7.20. The molecule has 3 heterocycles. The van der Waals surface area contributed by atoms with Crippen molar-refractivity contribution in [1.82, 2.24) is 14.9 Å². The predicted molar refractivity (Wildman–Crippen MR) is 152 cm³/mol. The first-order valence-corrected chi connectivity index (χ1v) is 14.1. The highest BCUT2D eigenvalue weighted by Gasteiger charge is 2.35. The quantitative estimate of drug-likeness (QED) is 0.292. The van der Waals surface area contributed by atoms with Crippen LogP contribution in [0.3, 0.4) is 0 Å². The molecular formula is C32H36F3N3O5. The van der Waals surface area contributed by atoms with Crippen LogP contribution in [0.4, 0.5) is 18.0 Å². The van der Waals surface area contributed by atoms with Crippen LogP contribution in [-0.2, 0) is 31.8 Å². The van der Waals surface area contributed by atoms with Gasteiger partial charge in [0.1, 0.15) is 28.8 Å². The molecule has 1 amide bonds. The Morgan fingerprint density at radius 2 is 1.77 bits per heavy atom. The van der Waals surface area contributed by atoms with E-state index in [4.69, 9.17) is 14.2 Å². The Labute approximate surface area is 249 Å². The Morgan fingerprint density at radius 3 is 2.44 bits per heavy atom. The maximum Gasteiger partial charge on any atom is 0.412 e. The van der Waals surface area contributed by atoms with Gasteiger partial charge in [0.15, 0.2) is 6.23 Å². The van der Waals surface area contributed by atoms with Gasteiger partial charge >= 0.3 is 6.09 Å². The van der Waals surface area contributed by atoms with E-state index in [-0.39, 0.29) is 43.8 Å². The van der Waals surface area contributed by atoms with E-state index < -0.39 is 47.4 Å². The number of carbonyl (C=O) groups excluding carboxylic acids is 2. The lowest BCUT2D eigenvalue weighted by Crippen LogP contribution is -2.54. The molecule has 1 aromatic carbocycles. The van der Waals surface area contributed by atoms with Crippen LogP contribution >= 0.6 is 0 Å². The van der Waals surface area contributed by atoms with Crippen molar-refractivity contribution in [2.75, 3.05) is 20.3 Å². The van der Waals surface area contributed by atoms with Gasteiger partial charge in [-0.25, -0.2) is 18.0 Å². The van der Waals surface area contributed by atoms with E-state index in [1.807, 2.05) is 0 Å². The molecule has 1 saturated heterocycles. The number of ketones is 1. The number of halogens is 3. The SMILES string of the molecule is CO[C@@H]1CO[C@H](CCc2c(F)cncc2CC(=O)C[C@@H](c2ccc(F)cc2)c2ccncc2F)CN1C(=O)OC(C)(C)C. The summed E-state index contributed by atoms with van der Waals surface area (Å²) in [6.45, 7) is 5.63. The van der Waals surface area contributed by atoms with Crippen molar-refractivity contribution in [2.24, 2.45) is 0 Å². The number of hydrogen-bond donors (Lipinski definition) is 0. The average molecular weight is 600 g/mol. The lowest BCUT2D eigenvalue weighted by molar-refractivity contribution is -0.149. The van der Waals surface area contributed by atoms with Gasteiger partial charge in [-0.15, -0.1) is 0 Å². The molecular weight excluding hydrogens is 563 g/mol. The van der Waals surface area contributed by atoms with Crippen LogP contribution in [0.5, 0.6) is 0 Å². The van der Waals surface area contributed by atoms with E-state index in [0.29, 0.717) is 23.1 Å². The number of carbonyl (C=O) groups is 2. The highest BCUT2D eigenvalue weighted by atomic mass is 19.1. The third kappa shape index (κ3) is 8.61. The Bertz CT molecular complexity index is 1410.